The molecular formula is C15H17ClN2O3. The molecule has 2 rings (SSSR count). The molecule has 0 atom stereocenters. The van der Waals surface area contributed by atoms with Crippen molar-refractivity contribution in [2.75, 3.05) is 11.9 Å². The summed E-state index contributed by atoms with van der Waals surface area (Å²) in [5, 5.41) is 14.4. The van der Waals surface area contributed by atoms with Crippen LogP contribution in [0.15, 0.2) is 29.8 Å². The van der Waals surface area contributed by atoms with Gasteiger partial charge in [-0.15, -0.1) is 0 Å². The van der Waals surface area contributed by atoms with Crippen LogP contribution in [-0.2, 0) is 0 Å². The maximum Gasteiger partial charge on any atom is 0.335 e. The molecule has 0 fully saturated rings. The average Bonchev–Trinajstić information content (AvgIpc) is 2.94. The predicted octanol–water partition coefficient (Wildman–Crippen LogP) is 3.66. The monoisotopic (exact) mass is 308 g/mol. The van der Waals surface area contributed by atoms with Crippen molar-refractivity contribution in [3.05, 3.63) is 40.4 Å². The first-order valence-corrected chi connectivity index (χ1v) is 7.19. The first kappa shape index (κ1) is 15.4. The summed E-state index contributed by atoms with van der Waals surface area (Å²) in [6.45, 7) is 0.572. The van der Waals surface area contributed by atoms with Gasteiger partial charge in [0.25, 0.3) is 0 Å². The van der Waals surface area contributed by atoms with Crippen LogP contribution in [0.25, 0.3) is 0 Å². The number of carbonyl (C=O) groups excluding carboxylic acids is 1. The molecule has 1 aliphatic carbocycles. The summed E-state index contributed by atoms with van der Waals surface area (Å²) in [5.41, 5.74) is 1.86. The van der Waals surface area contributed by atoms with E-state index < -0.39 is 5.97 Å². The normalized spacial score (nSPS) is 13.7. The first-order chi connectivity index (χ1) is 10.1. The second-order valence-corrected chi connectivity index (χ2v) is 5.29. The number of carbonyl (C=O) groups is 2. The second-order valence-electron chi connectivity index (χ2n) is 4.89. The number of halogens is 1. The molecule has 0 bridgehead atoms. The molecule has 1 aliphatic rings. The predicted molar refractivity (Wildman–Crippen MR) is 82.0 cm³/mol. The number of aromatic carboxylic acids is 1. The van der Waals surface area contributed by atoms with Gasteiger partial charge in [0.2, 0.25) is 0 Å². The van der Waals surface area contributed by atoms with E-state index in [1.807, 2.05) is 0 Å². The fraction of sp³-hybridized carbons (Fsp3) is 0.333. The highest BCUT2D eigenvalue weighted by Crippen LogP contribution is 2.23. The van der Waals surface area contributed by atoms with Gasteiger partial charge in [-0.25, -0.2) is 9.59 Å². The maximum absolute atomic E-state index is 11.7. The Kier molecular flexibility index (Phi) is 5.22. The van der Waals surface area contributed by atoms with E-state index in [1.165, 1.54) is 30.2 Å². The molecule has 0 saturated carbocycles. The molecular weight excluding hydrogens is 292 g/mol. The van der Waals surface area contributed by atoms with Crippen molar-refractivity contribution in [1.29, 1.82) is 0 Å². The Labute approximate surface area is 128 Å². The second kappa shape index (κ2) is 7.13. The smallest absolute Gasteiger partial charge is 0.335 e. The number of benzene rings is 1. The Morgan fingerprint density at radius 2 is 2.14 bits per heavy atom. The lowest BCUT2D eigenvalue weighted by Gasteiger charge is -2.09. The van der Waals surface area contributed by atoms with Gasteiger partial charge in [-0.05, 0) is 43.9 Å². The summed E-state index contributed by atoms with van der Waals surface area (Å²) in [6.07, 6.45) is 6.53. The number of urea groups is 1. The molecule has 1 aromatic rings. The zero-order chi connectivity index (χ0) is 15.2. The molecule has 5 nitrogen and oxygen atoms in total. The van der Waals surface area contributed by atoms with Gasteiger partial charge >= 0.3 is 12.0 Å². The van der Waals surface area contributed by atoms with E-state index in [9.17, 15) is 9.59 Å². The summed E-state index contributed by atoms with van der Waals surface area (Å²) in [5.74, 6) is -1.06. The third-order valence-electron chi connectivity index (χ3n) is 3.33. The van der Waals surface area contributed by atoms with Crippen LogP contribution in [0.4, 0.5) is 10.5 Å². The van der Waals surface area contributed by atoms with Gasteiger partial charge in [-0.2, -0.15) is 0 Å². The lowest BCUT2D eigenvalue weighted by molar-refractivity contribution is 0.0697. The van der Waals surface area contributed by atoms with Crippen LogP contribution in [0.1, 0.15) is 36.0 Å². The van der Waals surface area contributed by atoms with Crippen molar-refractivity contribution in [2.24, 2.45) is 0 Å². The van der Waals surface area contributed by atoms with Crippen LogP contribution in [0.3, 0.4) is 0 Å². The van der Waals surface area contributed by atoms with E-state index in [4.69, 9.17) is 16.7 Å². The van der Waals surface area contributed by atoms with Gasteiger partial charge in [0.15, 0.2) is 0 Å². The third-order valence-corrected chi connectivity index (χ3v) is 3.64. The van der Waals surface area contributed by atoms with Crippen molar-refractivity contribution in [2.45, 2.75) is 25.7 Å². The molecule has 112 valence electrons. The van der Waals surface area contributed by atoms with Gasteiger partial charge in [0.05, 0.1) is 16.3 Å². The Hall–Kier alpha value is -2.01. The molecule has 0 aliphatic heterocycles. The fourth-order valence-corrected chi connectivity index (χ4v) is 2.44. The van der Waals surface area contributed by atoms with Crippen molar-refractivity contribution >= 4 is 29.3 Å². The first-order valence-electron chi connectivity index (χ1n) is 6.82. The van der Waals surface area contributed by atoms with E-state index in [0.717, 1.165) is 19.3 Å². The minimum atomic E-state index is -1.06. The number of nitrogens with one attached hydrogen (secondary N) is 2. The van der Waals surface area contributed by atoms with E-state index in [2.05, 4.69) is 16.7 Å². The number of anilines is 1. The molecule has 0 radical (unpaired) electrons. The zero-order valence-electron chi connectivity index (χ0n) is 11.5. The van der Waals surface area contributed by atoms with E-state index >= 15 is 0 Å². The molecule has 2 amide bonds. The number of hydrogen-bond acceptors (Lipinski definition) is 2. The highest BCUT2D eigenvalue weighted by molar-refractivity contribution is 6.34. The minimum Gasteiger partial charge on any atom is -0.478 e. The minimum absolute atomic E-state index is 0.0825. The highest BCUT2D eigenvalue weighted by atomic mass is 35.5. The molecule has 0 spiro atoms. The number of rotatable bonds is 5. The third kappa shape index (κ3) is 4.49. The van der Waals surface area contributed by atoms with Crippen molar-refractivity contribution in [3.63, 3.8) is 0 Å². The largest absolute Gasteiger partial charge is 0.478 e. The molecule has 6 heteroatoms. The van der Waals surface area contributed by atoms with E-state index in [1.54, 1.807) is 0 Å². The van der Waals surface area contributed by atoms with Crippen LogP contribution in [-0.4, -0.2) is 23.7 Å². The summed E-state index contributed by atoms with van der Waals surface area (Å²) in [6, 6.07) is 3.83. The topological polar surface area (TPSA) is 78.4 Å². The summed E-state index contributed by atoms with van der Waals surface area (Å²) in [4.78, 5) is 22.5. The van der Waals surface area contributed by atoms with Crippen LogP contribution in [0.2, 0.25) is 5.02 Å². The zero-order valence-corrected chi connectivity index (χ0v) is 12.2. The SMILES string of the molecule is O=C(NCCC1=CCCC1)Nc1ccc(C(=O)O)cc1Cl. The van der Waals surface area contributed by atoms with Crippen molar-refractivity contribution in [3.8, 4) is 0 Å². The van der Waals surface area contributed by atoms with Crippen LogP contribution >= 0.6 is 11.6 Å². The van der Waals surface area contributed by atoms with Crippen molar-refractivity contribution < 1.29 is 14.7 Å². The summed E-state index contributed by atoms with van der Waals surface area (Å²) in [7, 11) is 0. The number of amides is 2. The molecule has 0 heterocycles. The molecule has 0 unspecified atom stereocenters. The Morgan fingerprint density at radius 1 is 1.33 bits per heavy atom. The lowest BCUT2D eigenvalue weighted by atomic mass is 10.2. The van der Waals surface area contributed by atoms with Crippen LogP contribution in [0.5, 0.6) is 0 Å². The van der Waals surface area contributed by atoms with Gasteiger partial charge in [-0.3, -0.25) is 0 Å². The van der Waals surface area contributed by atoms with Gasteiger partial charge in [0.1, 0.15) is 0 Å². The Balaban J connectivity index is 1.83. The number of hydrogen-bond donors (Lipinski definition) is 3. The summed E-state index contributed by atoms with van der Waals surface area (Å²) < 4.78 is 0. The number of allylic oxidation sites excluding steroid dienone is 1. The molecule has 3 N–H and O–H groups in total. The van der Waals surface area contributed by atoms with Gasteiger partial charge in [-0.1, -0.05) is 23.3 Å². The molecule has 0 aromatic heterocycles. The van der Waals surface area contributed by atoms with E-state index in [0.29, 0.717) is 12.2 Å². The molecule has 21 heavy (non-hydrogen) atoms. The van der Waals surface area contributed by atoms with Gasteiger partial charge < -0.3 is 15.7 Å². The quantitative estimate of drug-likeness (QED) is 0.726. The van der Waals surface area contributed by atoms with Crippen LogP contribution in [0, 0.1) is 0 Å². The fourth-order valence-electron chi connectivity index (χ4n) is 2.22. The van der Waals surface area contributed by atoms with Crippen molar-refractivity contribution in [1.82, 2.24) is 5.32 Å². The average molecular weight is 309 g/mol. The standard InChI is InChI=1S/C15H17ClN2O3/c16-12-9-11(14(19)20)5-6-13(12)18-15(21)17-8-7-10-3-1-2-4-10/h3,5-6,9H,1-2,4,7-8H2,(H,19,20)(H2,17,18,21). The lowest BCUT2D eigenvalue weighted by Crippen LogP contribution is -2.29. The number of carboxylic acid groups (broad SMARTS) is 1. The maximum atomic E-state index is 11.7. The summed E-state index contributed by atoms with van der Waals surface area (Å²) >= 11 is 5.94. The van der Waals surface area contributed by atoms with Crippen LogP contribution < -0.4 is 10.6 Å². The molecule has 1 aromatic carbocycles. The van der Waals surface area contributed by atoms with E-state index in [-0.39, 0.29) is 16.6 Å². The Bertz CT molecular complexity index is 584. The van der Waals surface area contributed by atoms with Gasteiger partial charge in [0, 0.05) is 6.54 Å². The Morgan fingerprint density at radius 3 is 2.76 bits per heavy atom. The highest BCUT2D eigenvalue weighted by Gasteiger charge is 2.10. The number of carboxylic acids is 1. The molecule has 0 saturated heterocycles.